The fourth-order valence-electron chi connectivity index (χ4n) is 1.51. The molecule has 0 aliphatic heterocycles. The molecule has 0 amide bonds. The normalized spacial score (nSPS) is 10.3. The molecule has 0 fully saturated rings. The van der Waals surface area contributed by atoms with Gasteiger partial charge in [0.15, 0.2) is 0 Å². The van der Waals surface area contributed by atoms with E-state index < -0.39 is 0 Å². The molecule has 5 nitrogen and oxygen atoms in total. The zero-order chi connectivity index (χ0) is 13.4. The van der Waals surface area contributed by atoms with Gasteiger partial charge >= 0.3 is 0 Å². The van der Waals surface area contributed by atoms with Crippen LogP contribution in [-0.4, -0.2) is 45.3 Å². The van der Waals surface area contributed by atoms with Crippen molar-refractivity contribution < 1.29 is 4.74 Å². The molecule has 0 saturated carbocycles. The average molecular weight is 248 g/mol. The third kappa shape index (κ3) is 4.62. The Morgan fingerprint density at radius 1 is 1.44 bits per heavy atom. The molecule has 0 spiro atoms. The fourth-order valence-corrected chi connectivity index (χ4v) is 1.51. The second-order valence-electron chi connectivity index (χ2n) is 4.14. The van der Waals surface area contributed by atoms with Crippen LogP contribution in [0.15, 0.2) is 18.2 Å². The number of likely N-dealkylation sites (N-methyl/N-ethyl adjacent to an activating group) is 1. The second-order valence-corrected chi connectivity index (χ2v) is 4.14. The molecule has 0 aromatic heterocycles. The first-order valence-corrected chi connectivity index (χ1v) is 5.88. The first-order chi connectivity index (χ1) is 8.67. The van der Waals surface area contributed by atoms with Crippen LogP contribution in [0.4, 0.5) is 11.4 Å². The molecule has 1 rings (SSSR count). The molecular weight excluding hydrogens is 228 g/mol. The van der Waals surface area contributed by atoms with Gasteiger partial charge in [-0.25, -0.2) is 0 Å². The van der Waals surface area contributed by atoms with Gasteiger partial charge in [-0.15, -0.1) is 0 Å². The van der Waals surface area contributed by atoms with Crippen LogP contribution in [0.2, 0.25) is 0 Å². The van der Waals surface area contributed by atoms with Crippen LogP contribution in [0.5, 0.6) is 0 Å². The van der Waals surface area contributed by atoms with E-state index >= 15 is 0 Å². The lowest BCUT2D eigenvalue weighted by atomic mass is 10.2. The summed E-state index contributed by atoms with van der Waals surface area (Å²) in [6, 6.07) is 7.46. The minimum atomic E-state index is 0.507. The molecule has 5 heteroatoms. The van der Waals surface area contributed by atoms with Crippen LogP contribution >= 0.6 is 0 Å². The summed E-state index contributed by atoms with van der Waals surface area (Å²) in [4.78, 5) is 2.18. The van der Waals surface area contributed by atoms with E-state index in [4.69, 9.17) is 15.7 Å². The number of nitrogens with two attached hydrogens (primary N) is 1. The van der Waals surface area contributed by atoms with Crippen LogP contribution in [0.3, 0.4) is 0 Å². The number of nitrogens with zero attached hydrogens (tertiary/aromatic N) is 2. The van der Waals surface area contributed by atoms with Gasteiger partial charge in [0.25, 0.3) is 0 Å². The van der Waals surface area contributed by atoms with E-state index in [-0.39, 0.29) is 0 Å². The Morgan fingerprint density at radius 3 is 2.89 bits per heavy atom. The van der Waals surface area contributed by atoms with Crippen molar-refractivity contribution in [3.05, 3.63) is 23.8 Å². The summed E-state index contributed by atoms with van der Waals surface area (Å²) in [5.74, 6) is 0. The Morgan fingerprint density at radius 2 is 2.22 bits per heavy atom. The molecule has 3 N–H and O–H groups in total. The lowest BCUT2D eigenvalue weighted by Crippen LogP contribution is -2.28. The maximum atomic E-state index is 8.87. The van der Waals surface area contributed by atoms with Crippen LogP contribution in [0, 0.1) is 11.3 Å². The summed E-state index contributed by atoms with van der Waals surface area (Å²) in [6.45, 7) is 3.37. The highest BCUT2D eigenvalue weighted by atomic mass is 16.5. The van der Waals surface area contributed by atoms with E-state index in [1.54, 1.807) is 19.2 Å². The molecule has 1 aromatic rings. The predicted molar refractivity (Wildman–Crippen MR) is 73.4 cm³/mol. The van der Waals surface area contributed by atoms with Crippen LogP contribution < -0.4 is 11.1 Å². The monoisotopic (exact) mass is 248 g/mol. The van der Waals surface area contributed by atoms with Crippen LogP contribution in [0.25, 0.3) is 0 Å². The van der Waals surface area contributed by atoms with Crippen molar-refractivity contribution in [2.45, 2.75) is 0 Å². The van der Waals surface area contributed by atoms with E-state index in [1.807, 2.05) is 13.1 Å². The van der Waals surface area contributed by atoms with Gasteiger partial charge < -0.3 is 20.7 Å². The van der Waals surface area contributed by atoms with E-state index in [9.17, 15) is 0 Å². The van der Waals surface area contributed by atoms with Crippen molar-refractivity contribution >= 4 is 11.4 Å². The topological polar surface area (TPSA) is 74.3 Å². The van der Waals surface area contributed by atoms with Gasteiger partial charge in [0.2, 0.25) is 0 Å². The first-order valence-electron chi connectivity index (χ1n) is 5.88. The highest BCUT2D eigenvalue weighted by Crippen LogP contribution is 2.16. The lowest BCUT2D eigenvalue weighted by Gasteiger charge is -2.16. The molecule has 0 atom stereocenters. The molecule has 18 heavy (non-hydrogen) atoms. The van der Waals surface area contributed by atoms with Gasteiger partial charge in [-0.1, -0.05) is 0 Å². The van der Waals surface area contributed by atoms with E-state index in [0.29, 0.717) is 11.3 Å². The largest absolute Gasteiger partial charge is 0.398 e. The Hall–Kier alpha value is -1.77. The van der Waals surface area contributed by atoms with E-state index in [1.165, 1.54) is 0 Å². The molecular formula is C13H20N4O. The summed E-state index contributed by atoms with van der Waals surface area (Å²) in [6.07, 6.45) is 0. The van der Waals surface area contributed by atoms with Crippen molar-refractivity contribution in [2.75, 3.05) is 51.4 Å². The maximum absolute atomic E-state index is 8.87. The number of methoxy groups -OCH3 is 1. The number of hydrogen-bond acceptors (Lipinski definition) is 5. The number of rotatable bonds is 7. The predicted octanol–water partition coefficient (Wildman–Crippen LogP) is 1.13. The number of anilines is 2. The minimum Gasteiger partial charge on any atom is -0.398 e. The second kappa shape index (κ2) is 7.54. The number of nitrogens with one attached hydrogen (secondary N) is 1. The summed E-state index contributed by atoms with van der Waals surface area (Å²) >= 11 is 0. The molecule has 98 valence electrons. The molecule has 0 unspecified atom stereocenters. The van der Waals surface area contributed by atoms with Crippen molar-refractivity contribution in [3.8, 4) is 6.07 Å². The Kier molecular flexibility index (Phi) is 5.98. The first kappa shape index (κ1) is 14.3. The SMILES string of the molecule is COCCN(C)CCNc1ccc(N)c(C#N)c1. The number of nitriles is 1. The standard InChI is InChI=1S/C13H20N4O/c1-17(7-8-18-2)6-5-16-12-3-4-13(15)11(9-12)10-14/h3-4,9,16H,5-8,15H2,1-2H3. The third-order valence-corrected chi connectivity index (χ3v) is 2.67. The maximum Gasteiger partial charge on any atom is 0.101 e. The van der Waals surface area contributed by atoms with Crippen molar-refractivity contribution in [3.63, 3.8) is 0 Å². The lowest BCUT2D eigenvalue weighted by molar-refractivity contribution is 0.163. The average Bonchev–Trinajstić information content (AvgIpc) is 2.38. The van der Waals surface area contributed by atoms with Gasteiger partial charge in [0.1, 0.15) is 6.07 Å². The fraction of sp³-hybridized carbons (Fsp3) is 0.462. The van der Waals surface area contributed by atoms with Crippen molar-refractivity contribution in [2.24, 2.45) is 0 Å². The number of hydrogen-bond donors (Lipinski definition) is 2. The van der Waals surface area contributed by atoms with Crippen LogP contribution in [0.1, 0.15) is 5.56 Å². The zero-order valence-corrected chi connectivity index (χ0v) is 10.9. The van der Waals surface area contributed by atoms with Crippen molar-refractivity contribution in [1.29, 1.82) is 5.26 Å². The Labute approximate surface area is 108 Å². The van der Waals surface area contributed by atoms with Gasteiger partial charge in [-0.3, -0.25) is 0 Å². The quantitative estimate of drug-likeness (QED) is 0.708. The highest BCUT2D eigenvalue weighted by molar-refractivity contribution is 5.61. The minimum absolute atomic E-state index is 0.507. The molecule has 1 aromatic carbocycles. The number of benzene rings is 1. The Bertz CT molecular complexity index is 414. The van der Waals surface area contributed by atoms with Crippen molar-refractivity contribution in [1.82, 2.24) is 4.90 Å². The smallest absolute Gasteiger partial charge is 0.101 e. The van der Waals surface area contributed by atoms with E-state index in [0.717, 1.165) is 31.9 Å². The summed E-state index contributed by atoms with van der Waals surface area (Å²) in [7, 11) is 3.74. The third-order valence-electron chi connectivity index (χ3n) is 2.67. The number of ether oxygens (including phenoxy) is 1. The molecule has 0 aliphatic rings. The zero-order valence-electron chi connectivity index (χ0n) is 10.9. The molecule has 0 bridgehead atoms. The van der Waals surface area contributed by atoms with Gasteiger partial charge in [0, 0.05) is 38.1 Å². The highest BCUT2D eigenvalue weighted by Gasteiger charge is 2.01. The molecule has 0 saturated heterocycles. The van der Waals surface area contributed by atoms with E-state index in [2.05, 4.69) is 16.3 Å². The summed E-state index contributed by atoms with van der Waals surface area (Å²) in [5, 5.41) is 12.1. The molecule has 0 heterocycles. The van der Waals surface area contributed by atoms with Gasteiger partial charge in [0.05, 0.1) is 12.2 Å². The molecule has 0 aliphatic carbocycles. The summed E-state index contributed by atoms with van der Waals surface area (Å²) < 4.78 is 5.01. The number of nitrogen functional groups attached to an aromatic ring is 1. The molecule has 0 radical (unpaired) electrons. The summed E-state index contributed by atoms with van der Waals surface area (Å²) in [5.41, 5.74) is 7.60. The van der Waals surface area contributed by atoms with Gasteiger partial charge in [-0.2, -0.15) is 5.26 Å². The van der Waals surface area contributed by atoms with Gasteiger partial charge in [-0.05, 0) is 25.2 Å². The Balaban J connectivity index is 2.38. The van der Waals surface area contributed by atoms with Crippen LogP contribution in [-0.2, 0) is 4.74 Å².